The highest BCUT2D eigenvalue weighted by molar-refractivity contribution is 7.92. The van der Waals surface area contributed by atoms with Crippen LogP contribution in [0.4, 0.5) is 10.1 Å². The number of anilines is 1. The predicted molar refractivity (Wildman–Crippen MR) is 93.7 cm³/mol. The zero-order chi connectivity index (χ0) is 18.3. The molecule has 0 aliphatic heterocycles. The quantitative estimate of drug-likeness (QED) is 0.718. The molecule has 10 heteroatoms. The van der Waals surface area contributed by atoms with Gasteiger partial charge in [0.25, 0.3) is 10.0 Å². The van der Waals surface area contributed by atoms with Crippen molar-refractivity contribution in [2.24, 2.45) is 0 Å². The van der Waals surface area contributed by atoms with Gasteiger partial charge in [0.15, 0.2) is 5.82 Å². The van der Waals surface area contributed by atoms with Crippen molar-refractivity contribution >= 4 is 27.3 Å². The Morgan fingerprint density at radius 1 is 1.15 bits per heavy atom. The monoisotopic (exact) mass is 393 g/mol. The first kappa shape index (κ1) is 16.9. The molecule has 1 saturated carbocycles. The van der Waals surface area contributed by atoms with Gasteiger partial charge in [-0.05, 0) is 65.7 Å². The van der Waals surface area contributed by atoms with Gasteiger partial charge in [0, 0.05) is 11.3 Å². The molecule has 1 N–H and O–H groups in total. The Morgan fingerprint density at radius 3 is 2.54 bits per heavy atom. The lowest BCUT2D eigenvalue weighted by atomic mass is 10.2. The molecule has 1 fully saturated rings. The van der Waals surface area contributed by atoms with Gasteiger partial charge in [0.1, 0.15) is 5.82 Å². The van der Waals surface area contributed by atoms with E-state index in [1.54, 1.807) is 28.9 Å². The number of nitrogens with one attached hydrogen (secondary N) is 1. The molecule has 1 aliphatic rings. The Kier molecular flexibility index (Phi) is 4.12. The summed E-state index contributed by atoms with van der Waals surface area (Å²) in [6, 6.07) is 10.3. The second kappa shape index (κ2) is 6.33. The minimum atomic E-state index is -3.88. The summed E-state index contributed by atoms with van der Waals surface area (Å²) < 4.78 is 42.2. The van der Waals surface area contributed by atoms with Gasteiger partial charge in [-0.3, -0.25) is 4.72 Å². The second-order valence-corrected chi connectivity index (χ2v) is 8.03. The van der Waals surface area contributed by atoms with Gasteiger partial charge in [-0.1, -0.05) is 11.6 Å². The standard InChI is InChI=1S/C16H13ClFN5O2S/c17-14-9-13(7-8-15(14)18)26(24,25)20-11-3-1-10(2-4-11)16-19-21-22-23(16)12-5-6-12/h1-4,7-9,12,20H,5-6H2. The number of halogens is 2. The van der Waals surface area contributed by atoms with E-state index in [0.717, 1.165) is 36.6 Å². The van der Waals surface area contributed by atoms with E-state index in [1.807, 2.05) is 0 Å². The molecule has 134 valence electrons. The SMILES string of the molecule is O=S(=O)(Nc1ccc(-c2nnnn2C2CC2)cc1)c1ccc(F)c(Cl)c1. The molecule has 0 spiro atoms. The van der Waals surface area contributed by atoms with Crippen molar-refractivity contribution in [2.45, 2.75) is 23.8 Å². The molecule has 0 radical (unpaired) electrons. The molecule has 1 aromatic heterocycles. The average Bonchev–Trinajstić information content (AvgIpc) is 3.34. The van der Waals surface area contributed by atoms with Crippen molar-refractivity contribution in [2.75, 3.05) is 4.72 Å². The molecule has 0 atom stereocenters. The first-order chi connectivity index (χ1) is 12.4. The van der Waals surface area contributed by atoms with Crippen LogP contribution in [0.3, 0.4) is 0 Å². The fourth-order valence-corrected chi connectivity index (χ4v) is 3.82. The summed E-state index contributed by atoms with van der Waals surface area (Å²) in [6.07, 6.45) is 2.10. The lowest BCUT2D eigenvalue weighted by Gasteiger charge is -2.09. The number of benzene rings is 2. The van der Waals surface area contributed by atoms with Crippen LogP contribution in [0.15, 0.2) is 47.4 Å². The average molecular weight is 394 g/mol. The molecular formula is C16H13ClFN5O2S. The van der Waals surface area contributed by atoms with Crippen LogP contribution < -0.4 is 4.72 Å². The molecule has 1 aliphatic carbocycles. The third kappa shape index (κ3) is 3.27. The second-order valence-electron chi connectivity index (χ2n) is 5.94. The lowest BCUT2D eigenvalue weighted by molar-refractivity contribution is 0.599. The largest absolute Gasteiger partial charge is 0.280 e. The number of rotatable bonds is 5. The van der Waals surface area contributed by atoms with Crippen LogP contribution in [0, 0.1) is 5.82 Å². The summed E-state index contributed by atoms with van der Waals surface area (Å²) >= 11 is 5.66. The number of aromatic nitrogens is 4. The van der Waals surface area contributed by atoms with Crippen molar-refractivity contribution < 1.29 is 12.8 Å². The summed E-state index contributed by atoms with van der Waals surface area (Å²) in [7, 11) is -3.88. The highest BCUT2D eigenvalue weighted by atomic mass is 35.5. The third-order valence-corrected chi connectivity index (χ3v) is 5.65. The van der Waals surface area contributed by atoms with Crippen molar-refractivity contribution in [3.63, 3.8) is 0 Å². The Bertz CT molecular complexity index is 1060. The van der Waals surface area contributed by atoms with E-state index < -0.39 is 15.8 Å². The molecule has 3 aromatic rings. The van der Waals surface area contributed by atoms with Crippen molar-refractivity contribution in [3.8, 4) is 11.4 Å². The summed E-state index contributed by atoms with van der Waals surface area (Å²) in [6.45, 7) is 0. The minimum absolute atomic E-state index is 0.120. The van der Waals surface area contributed by atoms with Gasteiger partial charge in [-0.15, -0.1) is 5.10 Å². The number of nitrogens with zero attached hydrogens (tertiary/aromatic N) is 4. The molecule has 0 unspecified atom stereocenters. The lowest BCUT2D eigenvalue weighted by Crippen LogP contribution is -2.13. The van der Waals surface area contributed by atoms with Crippen molar-refractivity contribution in [1.82, 2.24) is 20.2 Å². The van der Waals surface area contributed by atoms with Gasteiger partial charge in [-0.25, -0.2) is 17.5 Å². The van der Waals surface area contributed by atoms with Gasteiger partial charge in [-0.2, -0.15) is 0 Å². The fourth-order valence-electron chi connectivity index (χ4n) is 2.49. The number of hydrogen-bond donors (Lipinski definition) is 1. The Balaban J connectivity index is 1.57. The molecule has 0 amide bonds. The third-order valence-electron chi connectivity index (χ3n) is 3.98. The molecule has 2 aromatic carbocycles. The topological polar surface area (TPSA) is 89.8 Å². The van der Waals surface area contributed by atoms with Crippen LogP contribution >= 0.6 is 11.6 Å². The zero-order valence-electron chi connectivity index (χ0n) is 13.3. The first-order valence-electron chi connectivity index (χ1n) is 7.80. The van der Waals surface area contributed by atoms with Gasteiger partial charge in [0.2, 0.25) is 0 Å². The van der Waals surface area contributed by atoms with Crippen LogP contribution in [-0.2, 0) is 10.0 Å². The van der Waals surface area contributed by atoms with Gasteiger partial charge < -0.3 is 0 Å². The molecular weight excluding hydrogens is 381 g/mol. The van der Waals surface area contributed by atoms with Crippen molar-refractivity contribution in [1.29, 1.82) is 0 Å². The number of hydrogen-bond acceptors (Lipinski definition) is 5. The van der Waals surface area contributed by atoms with Crippen LogP contribution in [-0.4, -0.2) is 28.6 Å². The Labute approximate surface area is 153 Å². The normalized spacial score (nSPS) is 14.4. The highest BCUT2D eigenvalue weighted by Gasteiger charge is 2.28. The highest BCUT2D eigenvalue weighted by Crippen LogP contribution is 2.36. The maximum Gasteiger partial charge on any atom is 0.261 e. The molecule has 4 rings (SSSR count). The summed E-state index contributed by atoms with van der Waals surface area (Å²) in [5, 5.41) is 11.5. The molecule has 26 heavy (non-hydrogen) atoms. The smallest absolute Gasteiger partial charge is 0.261 e. The van der Waals surface area contributed by atoms with E-state index in [0.29, 0.717) is 17.6 Å². The number of sulfonamides is 1. The van der Waals surface area contributed by atoms with Crippen LogP contribution in [0.1, 0.15) is 18.9 Å². The predicted octanol–water partition coefficient (Wildman–Crippen LogP) is 3.27. The first-order valence-corrected chi connectivity index (χ1v) is 9.66. The number of tetrazole rings is 1. The minimum Gasteiger partial charge on any atom is -0.280 e. The maximum absolute atomic E-state index is 13.2. The van der Waals surface area contributed by atoms with E-state index in [1.165, 1.54) is 0 Å². The van der Waals surface area contributed by atoms with E-state index in [2.05, 4.69) is 20.2 Å². The van der Waals surface area contributed by atoms with E-state index in [4.69, 9.17) is 11.6 Å². The van der Waals surface area contributed by atoms with Crippen LogP contribution in [0.2, 0.25) is 5.02 Å². The van der Waals surface area contributed by atoms with E-state index in [-0.39, 0.29) is 9.92 Å². The summed E-state index contributed by atoms with van der Waals surface area (Å²) in [5.41, 5.74) is 1.15. The van der Waals surface area contributed by atoms with Crippen molar-refractivity contribution in [3.05, 3.63) is 53.3 Å². The summed E-state index contributed by atoms with van der Waals surface area (Å²) in [4.78, 5) is -0.120. The molecule has 1 heterocycles. The van der Waals surface area contributed by atoms with Crippen LogP contribution in [0.25, 0.3) is 11.4 Å². The molecule has 0 bridgehead atoms. The van der Waals surface area contributed by atoms with E-state index in [9.17, 15) is 12.8 Å². The Hall–Kier alpha value is -2.52. The van der Waals surface area contributed by atoms with E-state index >= 15 is 0 Å². The molecule has 0 saturated heterocycles. The van der Waals surface area contributed by atoms with Gasteiger partial charge in [0.05, 0.1) is 16.0 Å². The molecule has 7 nitrogen and oxygen atoms in total. The zero-order valence-corrected chi connectivity index (χ0v) is 14.9. The van der Waals surface area contributed by atoms with Gasteiger partial charge >= 0.3 is 0 Å². The fraction of sp³-hybridized carbons (Fsp3) is 0.188. The Morgan fingerprint density at radius 2 is 1.88 bits per heavy atom. The summed E-state index contributed by atoms with van der Waals surface area (Å²) in [5.74, 6) is -0.0319. The maximum atomic E-state index is 13.2. The van der Waals surface area contributed by atoms with Crippen LogP contribution in [0.5, 0.6) is 0 Å².